The average molecular weight is 560 g/mol. The zero-order chi connectivity index (χ0) is 29.1. The lowest BCUT2D eigenvalue weighted by molar-refractivity contribution is -0.115. The number of nitrogens with zero attached hydrogens (tertiary/aromatic N) is 2. The molecule has 4 aromatic carbocycles. The minimum absolute atomic E-state index is 0.0534. The number of amides is 1. The number of benzene rings is 4. The topological polar surface area (TPSA) is 110 Å². The first-order valence-corrected chi connectivity index (χ1v) is 14.4. The number of nitrogens with one attached hydrogen (secondary N) is 4. The minimum atomic E-state index is -0.0534. The molecule has 0 radical (unpaired) electrons. The zero-order valence-corrected chi connectivity index (χ0v) is 23.8. The van der Waals surface area contributed by atoms with Crippen LogP contribution >= 0.6 is 0 Å². The van der Waals surface area contributed by atoms with Crippen LogP contribution in [-0.4, -0.2) is 41.8 Å². The number of nitrogens with two attached hydrogens (primary N) is 1. The Morgan fingerprint density at radius 3 is 2.40 bits per heavy atom. The highest BCUT2D eigenvalue weighted by Crippen LogP contribution is 2.40. The van der Waals surface area contributed by atoms with Crippen molar-refractivity contribution in [3.8, 4) is 11.1 Å². The highest BCUT2D eigenvalue weighted by atomic mass is 16.1. The van der Waals surface area contributed by atoms with Crippen molar-refractivity contribution < 1.29 is 4.79 Å². The Hall–Kier alpha value is -4.50. The van der Waals surface area contributed by atoms with Gasteiger partial charge in [0.2, 0.25) is 5.91 Å². The molecule has 8 nitrogen and oxygen atoms in total. The van der Waals surface area contributed by atoms with Gasteiger partial charge in [-0.05, 0) is 47.7 Å². The van der Waals surface area contributed by atoms with Crippen LogP contribution in [0.5, 0.6) is 0 Å². The van der Waals surface area contributed by atoms with Gasteiger partial charge >= 0.3 is 0 Å². The molecule has 1 amide bonds. The molecular weight excluding hydrogens is 522 g/mol. The van der Waals surface area contributed by atoms with Gasteiger partial charge < -0.3 is 10.2 Å². The molecule has 6 N–H and O–H groups in total. The number of fused-ring (bicyclic) bond motifs is 2. The van der Waals surface area contributed by atoms with Crippen LogP contribution in [0.25, 0.3) is 11.1 Å². The van der Waals surface area contributed by atoms with E-state index in [1.54, 1.807) is 0 Å². The summed E-state index contributed by atoms with van der Waals surface area (Å²) in [5, 5.41) is 11.7. The van der Waals surface area contributed by atoms with Gasteiger partial charge in [-0.1, -0.05) is 90.5 Å². The van der Waals surface area contributed by atoms with Crippen molar-refractivity contribution in [2.75, 3.05) is 23.3 Å². The van der Waals surface area contributed by atoms with E-state index in [4.69, 9.17) is 11.3 Å². The van der Waals surface area contributed by atoms with E-state index in [2.05, 4.69) is 68.5 Å². The molecule has 6 rings (SSSR count). The van der Waals surface area contributed by atoms with E-state index in [1.165, 1.54) is 11.1 Å². The van der Waals surface area contributed by atoms with Crippen LogP contribution in [0.2, 0.25) is 0 Å². The van der Waals surface area contributed by atoms with E-state index >= 15 is 0 Å². The fraction of sp³-hybridized carbons (Fsp3) is 0.235. The van der Waals surface area contributed by atoms with Crippen LogP contribution in [0, 0.1) is 12.3 Å². The van der Waals surface area contributed by atoms with Gasteiger partial charge in [0, 0.05) is 37.3 Å². The summed E-state index contributed by atoms with van der Waals surface area (Å²) in [5.74, 6) is 5.53. The average Bonchev–Trinajstić information content (AvgIpc) is 3.60. The zero-order valence-electron chi connectivity index (χ0n) is 23.8. The Morgan fingerprint density at radius 2 is 1.67 bits per heavy atom. The molecule has 2 aliphatic heterocycles. The van der Waals surface area contributed by atoms with Crippen LogP contribution in [0.1, 0.15) is 28.7 Å². The van der Waals surface area contributed by atoms with Crippen LogP contribution in [0.15, 0.2) is 97.1 Å². The molecule has 0 aromatic heterocycles. The van der Waals surface area contributed by atoms with Crippen LogP contribution in [-0.2, 0) is 17.8 Å². The Balaban J connectivity index is 1.29. The molecule has 0 spiro atoms. The first kappa shape index (κ1) is 27.7. The van der Waals surface area contributed by atoms with E-state index in [9.17, 15) is 4.79 Å². The molecule has 2 heterocycles. The van der Waals surface area contributed by atoms with Crippen molar-refractivity contribution in [1.29, 1.82) is 5.41 Å². The van der Waals surface area contributed by atoms with Crippen molar-refractivity contribution in [2.45, 2.75) is 38.4 Å². The summed E-state index contributed by atoms with van der Waals surface area (Å²) in [5.41, 5.74) is 12.8. The highest BCUT2D eigenvalue weighted by molar-refractivity contribution is 6.03. The lowest BCUT2D eigenvalue weighted by Crippen LogP contribution is -2.46. The van der Waals surface area contributed by atoms with Gasteiger partial charge in [0.1, 0.15) is 5.84 Å². The number of rotatable bonds is 9. The summed E-state index contributed by atoms with van der Waals surface area (Å²) in [6.07, 6.45) is 1.41. The maximum absolute atomic E-state index is 13.4. The summed E-state index contributed by atoms with van der Waals surface area (Å²) in [7, 11) is 0. The predicted molar refractivity (Wildman–Crippen MR) is 169 cm³/mol. The fourth-order valence-electron chi connectivity index (χ4n) is 6.29. The Labute approximate surface area is 247 Å². The molecule has 8 heteroatoms. The van der Waals surface area contributed by atoms with Gasteiger partial charge in [0.15, 0.2) is 0 Å². The molecule has 2 bridgehead atoms. The number of hydrogen-bond donors (Lipinski definition) is 5. The van der Waals surface area contributed by atoms with Crippen LogP contribution in [0.3, 0.4) is 0 Å². The van der Waals surface area contributed by atoms with Gasteiger partial charge in [-0.15, -0.1) is 0 Å². The molecule has 4 aromatic rings. The lowest BCUT2D eigenvalue weighted by atomic mass is 9.97. The minimum Gasteiger partial charge on any atom is -0.364 e. The molecule has 2 unspecified atom stereocenters. The number of aryl methyl sites for hydroxylation is 1. The number of piperazine rings is 1. The Morgan fingerprint density at radius 1 is 0.905 bits per heavy atom. The van der Waals surface area contributed by atoms with E-state index in [-0.39, 0.29) is 11.7 Å². The molecule has 0 aliphatic carbocycles. The third-order valence-corrected chi connectivity index (χ3v) is 8.35. The summed E-state index contributed by atoms with van der Waals surface area (Å²) in [4.78, 5) is 18.4. The van der Waals surface area contributed by atoms with Gasteiger partial charge in [0.05, 0.1) is 17.8 Å². The highest BCUT2D eigenvalue weighted by Gasteiger charge is 2.43. The Bertz CT molecular complexity index is 1570. The monoisotopic (exact) mass is 559 g/mol. The van der Waals surface area contributed by atoms with Gasteiger partial charge in [0.25, 0.3) is 0 Å². The number of anilines is 2. The first-order valence-electron chi connectivity index (χ1n) is 14.4. The maximum atomic E-state index is 13.4. The second kappa shape index (κ2) is 12.2. The van der Waals surface area contributed by atoms with Crippen molar-refractivity contribution in [2.24, 2.45) is 5.84 Å². The third-order valence-electron chi connectivity index (χ3n) is 8.35. The number of carbonyl (C=O) groups excluding carboxylic acids is 1. The molecule has 0 saturated carbocycles. The van der Waals surface area contributed by atoms with E-state index in [0.29, 0.717) is 24.1 Å². The standard InChI is InChI=1S/C34H37N7O/c1-23-11-13-24(14-12-23)17-33(42)37-31-18-26(29-9-5-6-10-30(29)34(35)38-39-36)15-16-32(31)41-22-27-19-28(41)21-40(27)20-25-7-3-2-4-8-25/h2-16,18,27-28,39H,17,19-22,36H2,1H3,(H2,35,38)(H,37,42). The SMILES string of the molecule is Cc1ccc(CC(=O)Nc2cc(-c3ccccc3C(=N)NNN)ccc2N2CC3CC2CN3Cc2ccccc2)cc1. The molecule has 2 aliphatic rings. The molecule has 2 saturated heterocycles. The first-order chi connectivity index (χ1) is 20.5. The molecular formula is C34H37N7O. The van der Waals surface area contributed by atoms with E-state index < -0.39 is 0 Å². The molecule has 42 heavy (non-hydrogen) atoms. The summed E-state index contributed by atoms with van der Waals surface area (Å²) in [6, 6.07) is 33.6. The van der Waals surface area contributed by atoms with Gasteiger partial charge in [-0.3, -0.25) is 26.4 Å². The number of amidine groups is 1. The van der Waals surface area contributed by atoms with Crippen molar-refractivity contribution >= 4 is 23.1 Å². The second-order valence-electron chi connectivity index (χ2n) is 11.2. The third kappa shape index (κ3) is 5.92. The second-order valence-corrected chi connectivity index (χ2v) is 11.2. The number of hydrogen-bond acceptors (Lipinski definition) is 6. The van der Waals surface area contributed by atoms with Crippen molar-refractivity contribution in [3.63, 3.8) is 0 Å². The fourth-order valence-corrected chi connectivity index (χ4v) is 6.29. The molecule has 2 fully saturated rings. The maximum Gasteiger partial charge on any atom is 0.228 e. The van der Waals surface area contributed by atoms with Crippen LogP contribution in [0.4, 0.5) is 11.4 Å². The van der Waals surface area contributed by atoms with E-state index in [0.717, 1.165) is 54.1 Å². The van der Waals surface area contributed by atoms with Crippen molar-refractivity contribution in [3.05, 3.63) is 119 Å². The Kier molecular flexibility index (Phi) is 8.01. The molecule has 214 valence electrons. The normalized spacial score (nSPS) is 17.8. The van der Waals surface area contributed by atoms with Gasteiger partial charge in [-0.2, -0.15) is 5.53 Å². The lowest BCUT2D eigenvalue weighted by Gasteiger charge is -2.36. The van der Waals surface area contributed by atoms with Gasteiger partial charge in [-0.25, -0.2) is 0 Å². The smallest absolute Gasteiger partial charge is 0.228 e. The number of carbonyl (C=O) groups is 1. The molecule has 2 atom stereocenters. The number of hydrazine groups is 2. The number of likely N-dealkylation sites (tertiary alicyclic amines) is 1. The van der Waals surface area contributed by atoms with Crippen molar-refractivity contribution in [1.82, 2.24) is 15.9 Å². The predicted octanol–water partition coefficient (Wildman–Crippen LogP) is 4.60. The van der Waals surface area contributed by atoms with E-state index in [1.807, 2.05) is 61.5 Å². The van der Waals surface area contributed by atoms with Crippen LogP contribution < -0.4 is 27.0 Å². The summed E-state index contributed by atoms with van der Waals surface area (Å²) >= 11 is 0. The quantitative estimate of drug-likeness (QED) is 0.0888. The summed E-state index contributed by atoms with van der Waals surface area (Å²) < 4.78 is 0. The largest absolute Gasteiger partial charge is 0.364 e. The summed E-state index contributed by atoms with van der Waals surface area (Å²) in [6.45, 7) is 4.92.